The highest BCUT2D eigenvalue weighted by molar-refractivity contribution is 5.95. The van der Waals surface area contributed by atoms with Crippen LogP contribution in [0.5, 0.6) is 0 Å². The van der Waals surface area contributed by atoms with E-state index in [0.717, 1.165) is 25.0 Å². The summed E-state index contributed by atoms with van der Waals surface area (Å²) in [6.07, 6.45) is 1.83. The maximum absolute atomic E-state index is 13.7. The highest BCUT2D eigenvalue weighted by atomic mass is 19.1. The van der Waals surface area contributed by atoms with Crippen LogP contribution in [0, 0.1) is 17.6 Å². The number of benzene rings is 1. The summed E-state index contributed by atoms with van der Waals surface area (Å²) in [4.78, 5) is 11.9. The van der Waals surface area contributed by atoms with Crippen molar-refractivity contribution in [3.63, 3.8) is 0 Å². The standard InChI is InChI=1S/C14H18F2N2O2/c1-2-12-8(3-4-20-12)7-18-14(19)10-5-9(15)6-11(17)13(10)16/h5-6,8,12H,2-4,7,17H2,1H3,(H,18,19). The molecule has 1 amide bonds. The number of hydrogen-bond acceptors (Lipinski definition) is 3. The lowest BCUT2D eigenvalue weighted by Crippen LogP contribution is -2.33. The Morgan fingerprint density at radius 2 is 2.25 bits per heavy atom. The number of anilines is 1. The molecular formula is C14H18F2N2O2. The van der Waals surface area contributed by atoms with E-state index in [0.29, 0.717) is 13.2 Å². The lowest BCUT2D eigenvalue weighted by Gasteiger charge is -2.17. The van der Waals surface area contributed by atoms with Crippen LogP contribution in [0.3, 0.4) is 0 Å². The molecule has 0 radical (unpaired) electrons. The van der Waals surface area contributed by atoms with E-state index in [1.807, 2.05) is 6.92 Å². The van der Waals surface area contributed by atoms with Crippen LogP contribution in [0.25, 0.3) is 0 Å². The first-order valence-electron chi connectivity index (χ1n) is 6.67. The van der Waals surface area contributed by atoms with Crippen LogP contribution >= 0.6 is 0 Å². The topological polar surface area (TPSA) is 64.3 Å². The van der Waals surface area contributed by atoms with E-state index in [-0.39, 0.29) is 23.3 Å². The normalized spacial score (nSPS) is 21.9. The molecular weight excluding hydrogens is 266 g/mol. The lowest BCUT2D eigenvalue weighted by atomic mass is 9.99. The van der Waals surface area contributed by atoms with Crippen LogP contribution in [0.1, 0.15) is 30.1 Å². The highest BCUT2D eigenvalue weighted by Gasteiger charge is 2.27. The molecule has 1 aliphatic rings. The van der Waals surface area contributed by atoms with Gasteiger partial charge >= 0.3 is 0 Å². The summed E-state index contributed by atoms with van der Waals surface area (Å²) in [7, 11) is 0. The molecule has 0 bridgehead atoms. The predicted octanol–water partition coefficient (Wildman–Crippen LogP) is 2.09. The maximum atomic E-state index is 13.7. The van der Waals surface area contributed by atoms with Crippen LogP contribution < -0.4 is 11.1 Å². The Morgan fingerprint density at radius 1 is 1.50 bits per heavy atom. The van der Waals surface area contributed by atoms with Gasteiger partial charge in [0.2, 0.25) is 0 Å². The van der Waals surface area contributed by atoms with Gasteiger partial charge in [-0.05, 0) is 25.0 Å². The third-order valence-corrected chi connectivity index (χ3v) is 3.58. The molecule has 1 aromatic rings. The fourth-order valence-electron chi connectivity index (χ4n) is 2.47. The van der Waals surface area contributed by atoms with E-state index in [1.165, 1.54) is 0 Å². The highest BCUT2D eigenvalue weighted by Crippen LogP contribution is 2.23. The second-order valence-electron chi connectivity index (χ2n) is 4.93. The second-order valence-corrected chi connectivity index (χ2v) is 4.93. The van der Waals surface area contributed by atoms with Gasteiger partial charge in [-0.2, -0.15) is 0 Å². The van der Waals surface area contributed by atoms with Crippen molar-refractivity contribution < 1.29 is 18.3 Å². The molecule has 1 aromatic carbocycles. The van der Waals surface area contributed by atoms with Crippen LogP contribution in [-0.4, -0.2) is 25.2 Å². The fourth-order valence-corrected chi connectivity index (χ4v) is 2.47. The molecule has 6 heteroatoms. The Kier molecular flexibility index (Phi) is 4.54. The number of halogens is 2. The van der Waals surface area contributed by atoms with Gasteiger partial charge in [0.1, 0.15) is 5.82 Å². The SMILES string of the molecule is CCC1OCCC1CNC(=O)c1cc(F)cc(N)c1F. The van der Waals surface area contributed by atoms with E-state index in [2.05, 4.69) is 5.32 Å². The summed E-state index contributed by atoms with van der Waals surface area (Å²) in [6, 6.07) is 1.70. The number of ether oxygens (including phenoxy) is 1. The van der Waals surface area contributed by atoms with Crippen molar-refractivity contribution in [2.75, 3.05) is 18.9 Å². The summed E-state index contributed by atoms with van der Waals surface area (Å²) >= 11 is 0. The quantitative estimate of drug-likeness (QED) is 0.832. The summed E-state index contributed by atoms with van der Waals surface area (Å²) in [5, 5.41) is 2.62. The summed E-state index contributed by atoms with van der Waals surface area (Å²) in [6.45, 7) is 3.06. The van der Waals surface area contributed by atoms with Gasteiger partial charge in [-0.25, -0.2) is 8.78 Å². The summed E-state index contributed by atoms with van der Waals surface area (Å²) < 4.78 is 32.4. The first-order chi connectivity index (χ1) is 9.52. The minimum absolute atomic E-state index is 0.109. The van der Waals surface area contributed by atoms with Gasteiger partial charge in [-0.15, -0.1) is 0 Å². The summed E-state index contributed by atoms with van der Waals surface area (Å²) in [5.74, 6) is -2.07. The molecule has 110 valence electrons. The average Bonchev–Trinajstić information content (AvgIpc) is 2.87. The number of carbonyl (C=O) groups excluding carboxylic acids is 1. The molecule has 1 heterocycles. The Labute approximate surface area is 116 Å². The molecule has 1 fully saturated rings. The molecule has 20 heavy (non-hydrogen) atoms. The molecule has 0 aromatic heterocycles. The van der Waals surface area contributed by atoms with Crippen LogP contribution in [0.4, 0.5) is 14.5 Å². The first-order valence-corrected chi connectivity index (χ1v) is 6.67. The molecule has 4 nitrogen and oxygen atoms in total. The van der Waals surface area contributed by atoms with E-state index >= 15 is 0 Å². The zero-order valence-electron chi connectivity index (χ0n) is 11.3. The van der Waals surface area contributed by atoms with Crippen LogP contribution in [-0.2, 0) is 4.74 Å². The van der Waals surface area contributed by atoms with Gasteiger partial charge in [0.05, 0.1) is 17.4 Å². The van der Waals surface area contributed by atoms with Crippen molar-refractivity contribution in [2.45, 2.75) is 25.9 Å². The first kappa shape index (κ1) is 14.7. The minimum atomic E-state index is -0.890. The number of nitrogen functional groups attached to an aromatic ring is 1. The Bertz CT molecular complexity index is 508. The molecule has 1 aliphatic heterocycles. The lowest BCUT2D eigenvalue weighted by molar-refractivity contribution is 0.0825. The van der Waals surface area contributed by atoms with Crippen LogP contribution in [0.2, 0.25) is 0 Å². The van der Waals surface area contributed by atoms with Crippen molar-refractivity contribution in [1.82, 2.24) is 5.32 Å². The molecule has 2 rings (SSSR count). The smallest absolute Gasteiger partial charge is 0.254 e. The average molecular weight is 284 g/mol. The minimum Gasteiger partial charge on any atom is -0.396 e. The molecule has 1 saturated heterocycles. The Hall–Kier alpha value is -1.69. The molecule has 0 spiro atoms. The van der Waals surface area contributed by atoms with Gasteiger partial charge in [-0.3, -0.25) is 4.79 Å². The third kappa shape index (κ3) is 3.07. The third-order valence-electron chi connectivity index (χ3n) is 3.58. The van der Waals surface area contributed by atoms with Crippen LogP contribution in [0.15, 0.2) is 12.1 Å². The number of nitrogens with one attached hydrogen (secondary N) is 1. The number of rotatable bonds is 4. The Morgan fingerprint density at radius 3 is 2.95 bits per heavy atom. The van der Waals surface area contributed by atoms with E-state index in [1.54, 1.807) is 0 Å². The Balaban J connectivity index is 2.02. The molecule has 0 saturated carbocycles. The predicted molar refractivity (Wildman–Crippen MR) is 71.2 cm³/mol. The van der Waals surface area contributed by atoms with Gasteiger partial charge in [0.15, 0.2) is 5.82 Å². The van der Waals surface area contributed by atoms with Gasteiger partial charge in [0.25, 0.3) is 5.91 Å². The molecule has 3 N–H and O–H groups in total. The number of carbonyl (C=O) groups is 1. The molecule has 2 unspecified atom stereocenters. The van der Waals surface area contributed by atoms with Gasteiger partial charge in [0, 0.05) is 19.1 Å². The molecule has 0 aliphatic carbocycles. The van der Waals surface area contributed by atoms with Crippen molar-refractivity contribution in [3.05, 3.63) is 29.3 Å². The fraction of sp³-hybridized carbons (Fsp3) is 0.500. The number of nitrogens with two attached hydrogens (primary N) is 1. The van der Waals surface area contributed by atoms with Crippen molar-refractivity contribution in [2.24, 2.45) is 5.92 Å². The largest absolute Gasteiger partial charge is 0.396 e. The summed E-state index contributed by atoms with van der Waals surface area (Å²) in [5.41, 5.74) is 4.57. The van der Waals surface area contributed by atoms with E-state index in [4.69, 9.17) is 10.5 Å². The monoisotopic (exact) mass is 284 g/mol. The maximum Gasteiger partial charge on any atom is 0.254 e. The van der Waals surface area contributed by atoms with Crippen molar-refractivity contribution in [1.29, 1.82) is 0 Å². The molecule has 2 atom stereocenters. The van der Waals surface area contributed by atoms with Crippen molar-refractivity contribution >= 4 is 11.6 Å². The number of amides is 1. The van der Waals surface area contributed by atoms with E-state index < -0.39 is 17.5 Å². The zero-order chi connectivity index (χ0) is 14.7. The zero-order valence-corrected chi connectivity index (χ0v) is 11.3. The van der Waals surface area contributed by atoms with Crippen molar-refractivity contribution in [3.8, 4) is 0 Å². The number of hydrogen-bond donors (Lipinski definition) is 2. The van der Waals surface area contributed by atoms with Gasteiger partial charge < -0.3 is 15.8 Å². The van der Waals surface area contributed by atoms with Gasteiger partial charge in [-0.1, -0.05) is 6.92 Å². The second kappa shape index (κ2) is 6.17. The van der Waals surface area contributed by atoms with E-state index in [9.17, 15) is 13.6 Å².